The van der Waals surface area contributed by atoms with Gasteiger partial charge in [0.25, 0.3) is 0 Å². The molecule has 0 saturated carbocycles. The van der Waals surface area contributed by atoms with E-state index in [4.69, 9.17) is 16.2 Å². The van der Waals surface area contributed by atoms with Gasteiger partial charge in [0.1, 0.15) is 29.9 Å². The van der Waals surface area contributed by atoms with Gasteiger partial charge in [0.15, 0.2) is 5.96 Å². The molecule has 1 saturated heterocycles. The average Bonchev–Trinajstić information content (AvgIpc) is 2.99. The van der Waals surface area contributed by atoms with Gasteiger partial charge in [-0.3, -0.25) is 33.8 Å². The first-order valence-electron chi connectivity index (χ1n) is 15.3. The Bertz CT molecular complexity index is 1250. The molecule has 1 heterocycles. The van der Waals surface area contributed by atoms with Gasteiger partial charge in [0.2, 0.25) is 29.5 Å². The molecule has 1 aliphatic rings. The van der Waals surface area contributed by atoms with Gasteiger partial charge in [0.05, 0.1) is 19.6 Å². The van der Waals surface area contributed by atoms with Gasteiger partial charge in [-0.25, -0.2) is 0 Å². The molecule has 2 rings (SSSR count). The summed E-state index contributed by atoms with van der Waals surface area (Å²) in [5, 5.41) is 22.0. The van der Waals surface area contributed by atoms with Gasteiger partial charge in [-0.05, 0) is 42.9 Å². The minimum absolute atomic E-state index is 0.0273. The molecule has 16 nitrogen and oxygen atoms in total. The Kier molecular flexibility index (Phi) is 15.3. The van der Waals surface area contributed by atoms with E-state index in [9.17, 15) is 33.9 Å². The maximum absolute atomic E-state index is 13.6. The van der Waals surface area contributed by atoms with E-state index in [-0.39, 0.29) is 25.3 Å². The molecule has 1 aromatic carbocycles. The van der Waals surface area contributed by atoms with E-state index in [1.807, 2.05) is 6.92 Å². The second-order valence-corrected chi connectivity index (χ2v) is 11.3. The first-order chi connectivity index (χ1) is 21.8. The summed E-state index contributed by atoms with van der Waals surface area (Å²) in [6.45, 7) is 5.55. The van der Waals surface area contributed by atoms with E-state index < -0.39 is 78.6 Å². The lowest BCUT2D eigenvalue weighted by molar-refractivity contribution is -0.141. The highest BCUT2D eigenvalue weighted by molar-refractivity contribution is 5.98. The molecule has 1 unspecified atom stereocenters. The van der Waals surface area contributed by atoms with E-state index in [1.165, 1.54) is 0 Å². The van der Waals surface area contributed by atoms with Crippen LogP contribution >= 0.6 is 0 Å². The number of aliphatic carboxylic acids is 1. The Morgan fingerprint density at radius 1 is 0.913 bits per heavy atom. The number of amides is 5. The Balaban J connectivity index is 2.42. The minimum atomic E-state index is -1.56. The number of unbranched alkanes of at least 4 members (excludes halogenated alkanes) is 1. The SMILES string of the molecule is CCCCOc1ccc(C[C@H]2NC(=O)[C@@H](C(C)C)NC(=O)C(CCCN=C(N)N)NC(=O)CNC(=O)[C@@H](CC(=O)O)NC2=O)cc1. The van der Waals surface area contributed by atoms with Crippen LogP contribution in [0.4, 0.5) is 0 Å². The molecule has 1 fully saturated rings. The van der Waals surface area contributed by atoms with Crippen molar-refractivity contribution in [1.29, 1.82) is 0 Å². The second-order valence-electron chi connectivity index (χ2n) is 11.3. The highest BCUT2D eigenvalue weighted by Crippen LogP contribution is 2.15. The molecule has 0 bridgehead atoms. The predicted molar refractivity (Wildman–Crippen MR) is 168 cm³/mol. The normalized spacial score (nSPS) is 21.4. The van der Waals surface area contributed by atoms with Gasteiger partial charge in [-0.2, -0.15) is 0 Å². The molecule has 0 spiro atoms. The van der Waals surface area contributed by atoms with Gasteiger partial charge < -0.3 is 47.9 Å². The van der Waals surface area contributed by atoms with Crippen molar-refractivity contribution in [3.05, 3.63) is 29.8 Å². The van der Waals surface area contributed by atoms with Crippen LogP contribution in [0, 0.1) is 5.92 Å². The number of nitrogens with two attached hydrogens (primary N) is 2. The summed E-state index contributed by atoms with van der Waals surface area (Å²) in [5.74, 6) is -5.21. The molecule has 0 aromatic heterocycles. The first kappa shape index (κ1) is 37.3. The smallest absolute Gasteiger partial charge is 0.305 e. The zero-order chi connectivity index (χ0) is 34.2. The van der Waals surface area contributed by atoms with Crippen LogP contribution in [0.1, 0.15) is 58.4 Å². The Morgan fingerprint density at radius 2 is 1.57 bits per heavy atom. The Hall–Kier alpha value is -4.89. The number of rotatable bonds is 13. The lowest BCUT2D eigenvalue weighted by Gasteiger charge is -2.27. The fourth-order valence-corrected chi connectivity index (χ4v) is 4.52. The minimum Gasteiger partial charge on any atom is -0.494 e. The van der Waals surface area contributed by atoms with Crippen molar-refractivity contribution in [3.63, 3.8) is 0 Å². The summed E-state index contributed by atoms with van der Waals surface area (Å²) in [6.07, 6.45) is 1.44. The molecule has 46 heavy (non-hydrogen) atoms. The number of hydrogen-bond acceptors (Lipinski definition) is 8. The molecule has 1 aliphatic heterocycles. The van der Waals surface area contributed by atoms with Crippen molar-refractivity contribution >= 4 is 41.5 Å². The van der Waals surface area contributed by atoms with Crippen LogP contribution in [0.2, 0.25) is 0 Å². The van der Waals surface area contributed by atoms with E-state index in [1.54, 1.807) is 38.1 Å². The molecule has 254 valence electrons. The van der Waals surface area contributed by atoms with Crippen LogP contribution in [-0.2, 0) is 35.2 Å². The third-order valence-corrected chi connectivity index (χ3v) is 7.04. The van der Waals surface area contributed by atoms with Crippen LogP contribution in [0.15, 0.2) is 29.3 Å². The zero-order valence-electron chi connectivity index (χ0n) is 26.5. The largest absolute Gasteiger partial charge is 0.494 e. The molecule has 5 amide bonds. The van der Waals surface area contributed by atoms with Gasteiger partial charge in [-0.1, -0.05) is 39.3 Å². The number of nitrogens with zero attached hydrogens (tertiary/aromatic N) is 1. The summed E-state index contributed by atoms with van der Waals surface area (Å²) in [7, 11) is 0. The van der Waals surface area contributed by atoms with Crippen molar-refractivity contribution in [2.24, 2.45) is 22.4 Å². The number of ether oxygens (including phenoxy) is 1. The number of benzene rings is 1. The summed E-state index contributed by atoms with van der Waals surface area (Å²) >= 11 is 0. The number of guanidine groups is 1. The third-order valence-electron chi connectivity index (χ3n) is 7.04. The highest BCUT2D eigenvalue weighted by atomic mass is 16.5. The van der Waals surface area contributed by atoms with E-state index in [0.717, 1.165) is 12.8 Å². The maximum Gasteiger partial charge on any atom is 0.305 e. The second kappa shape index (κ2) is 18.8. The summed E-state index contributed by atoms with van der Waals surface area (Å²) in [6, 6.07) is 1.84. The fourth-order valence-electron chi connectivity index (χ4n) is 4.52. The molecule has 0 radical (unpaired) electrons. The number of carboxylic acids is 1. The molecule has 1 aromatic rings. The lowest BCUT2D eigenvalue weighted by Crippen LogP contribution is -2.59. The number of carboxylic acid groups (broad SMARTS) is 1. The van der Waals surface area contributed by atoms with E-state index in [0.29, 0.717) is 24.3 Å². The van der Waals surface area contributed by atoms with Gasteiger partial charge >= 0.3 is 5.97 Å². The Morgan fingerprint density at radius 3 is 2.17 bits per heavy atom. The Labute approximate surface area is 267 Å². The topological polar surface area (TPSA) is 256 Å². The number of nitrogens with one attached hydrogen (secondary N) is 5. The first-order valence-corrected chi connectivity index (χ1v) is 15.3. The number of carbonyl (C=O) groups excluding carboxylic acids is 5. The molecule has 10 N–H and O–H groups in total. The average molecular weight is 647 g/mol. The standard InChI is InChI=1S/C30H46N8O8/c1-4-5-13-46-19-10-8-18(9-11-19)14-21-28(44)36-22(15-24(40)41)26(42)34-16-23(39)35-20(7-6-12-33-30(31)32)27(43)38-25(17(2)3)29(45)37-21/h8-11,17,20-22,25H,4-7,12-16H2,1-3H3,(H,34,42)(H,35,39)(H,36,44)(H,37,45)(H,38,43)(H,40,41)(H4,31,32,33)/t20?,21-,22-,25-/m1/s1. The van der Waals surface area contributed by atoms with Crippen molar-refractivity contribution < 1.29 is 38.6 Å². The monoisotopic (exact) mass is 646 g/mol. The zero-order valence-corrected chi connectivity index (χ0v) is 26.5. The summed E-state index contributed by atoms with van der Waals surface area (Å²) < 4.78 is 5.69. The quantitative estimate of drug-likeness (QED) is 0.0711. The third kappa shape index (κ3) is 13.0. The summed E-state index contributed by atoms with van der Waals surface area (Å²) in [4.78, 5) is 81.5. The highest BCUT2D eigenvalue weighted by Gasteiger charge is 2.34. The van der Waals surface area contributed by atoms with Gasteiger partial charge in [0, 0.05) is 13.0 Å². The fraction of sp³-hybridized carbons (Fsp3) is 0.567. The van der Waals surface area contributed by atoms with E-state index >= 15 is 0 Å². The van der Waals surface area contributed by atoms with E-state index in [2.05, 4.69) is 31.6 Å². The maximum atomic E-state index is 13.6. The van der Waals surface area contributed by atoms with Crippen LogP contribution < -0.4 is 42.8 Å². The molecule has 4 atom stereocenters. The van der Waals surface area contributed by atoms with Crippen molar-refractivity contribution in [1.82, 2.24) is 26.6 Å². The number of aliphatic imine (C=N–C) groups is 1. The van der Waals surface area contributed by atoms with Crippen LogP contribution in [0.5, 0.6) is 5.75 Å². The molecular weight excluding hydrogens is 600 g/mol. The molecule has 0 aliphatic carbocycles. The number of hydrogen-bond donors (Lipinski definition) is 8. The molecular formula is C30H46N8O8. The van der Waals surface area contributed by atoms with Crippen molar-refractivity contribution in [2.75, 3.05) is 19.7 Å². The predicted octanol–water partition coefficient (Wildman–Crippen LogP) is -1.34. The van der Waals surface area contributed by atoms with Crippen LogP contribution in [-0.4, -0.2) is 90.4 Å². The van der Waals surface area contributed by atoms with Crippen LogP contribution in [0.25, 0.3) is 0 Å². The summed E-state index contributed by atoms with van der Waals surface area (Å²) in [5.41, 5.74) is 11.4. The molecule has 16 heteroatoms. The van der Waals surface area contributed by atoms with Crippen molar-refractivity contribution in [3.8, 4) is 5.75 Å². The van der Waals surface area contributed by atoms with Crippen molar-refractivity contribution in [2.45, 2.75) is 83.5 Å². The van der Waals surface area contributed by atoms with Crippen LogP contribution in [0.3, 0.4) is 0 Å². The van der Waals surface area contributed by atoms with Gasteiger partial charge in [-0.15, -0.1) is 0 Å². The lowest BCUT2D eigenvalue weighted by atomic mass is 9.99. The number of carbonyl (C=O) groups is 6.